The lowest BCUT2D eigenvalue weighted by atomic mass is 9.71. The van der Waals surface area contributed by atoms with Gasteiger partial charge in [-0.3, -0.25) is 4.79 Å². The van der Waals surface area contributed by atoms with Crippen LogP contribution in [-0.4, -0.2) is 62.3 Å². The lowest BCUT2D eigenvalue weighted by molar-refractivity contribution is -0.294. The van der Waals surface area contributed by atoms with Gasteiger partial charge in [0.1, 0.15) is 5.41 Å². The monoisotopic (exact) mass is 275 g/mol. The van der Waals surface area contributed by atoms with Crippen molar-refractivity contribution in [3.8, 4) is 0 Å². The van der Waals surface area contributed by atoms with Gasteiger partial charge in [-0.25, -0.2) is 4.79 Å². The molecule has 1 aliphatic rings. The van der Waals surface area contributed by atoms with Gasteiger partial charge in [0.25, 0.3) is 0 Å². The summed E-state index contributed by atoms with van der Waals surface area (Å²) in [5, 5.41) is 9.57. The highest BCUT2D eigenvalue weighted by molar-refractivity contribution is 5.77. The molecule has 1 rings (SSSR count). The van der Waals surface area contributed by atoms with Gasteiger partial charge in [-0.2, -0.15) is 0 Å². The van der Waals surface area contributed by atoms with Crippen LogP contribution in [0.25, 0.3) is 0 Å². The maximum absolute atomic E-state index is 11.7. The van der Waals surface area contributed by atoms with Crippen LogP contribution in [0.1, 0.15) is 19.8 Å². The number of carbonyl (C=O) groups is 2. The van der Waals surface area contributed by atoms with Gasteiger partial charge in [0.05, 0.1) is 13.7 Å². The second-order valence-electron chi connectivity index (χ2n) is 4.54. The van der Waals surface area contributed by atoms with Crippen LogP contribution in [0.2, 0.25) is 0 Å². The van der Waals surface area contributed by atoms with Gasteiger partial charge in [0.15, 0.2) is 0 Å². The Morgan fingerprint density at radius 2 is 1.84 bits per heavy atom. The molecular weight excluding hydrogens is 254 g/mol. The van der Waals surface area contributed by atoms with E-state index in [2.05, 4.69) is 4.74 Å². The van der Waals surface area contributed by atoms with Crippen molar-refractivity contribution in [3.63, 3.8) is 0 Å². The number of nitrogens with zero attached hydrogens (tertiary/aromatic N) is 1. The summed E-state index contributed by atoms with van der Waals surface area (Å²) < 4.78 is 15.4. The van der Waals surface area contributed by atoms with E-state index in [9.17, 15) is 14.7 Å². The molecule has 7 nitrogen and oxygen atoms in total. The van der Waals surface area contributed by atoms with Crippen molar-refractivity contribution in [2.24, 2.45) is 5.41 Å². The first-order valence-electron chi connectivity index (χ1n) is 6.09. The summed E-state index contributed by atoms with van der Waals surface area (Å²) in [6, 6.07) is 0. The Bertz CT molecular complexity index is 354. The number of hydrogen-bond acceptors (Lipinski definition) is 5. The molecule has 7 heteroatoms. The van der Waals surface area contributed by atoms with E-state index < -0.39 is 23.3 Å². The van der Waals surface area contributed by atoms with E-state index in [1.165, 1.54) is 26.2 Å². The lowest BCUT2D eigenvalue weighted by Gasteiger charge is -2.51. The quantitative estimate of drug-likeness (QED) is 0.768. The van der Waals surface area contributed by atoms with Crippen LogP contribution in [0.4, 0.5) is 4.79 Å². The molecular formula is C12H21NO6. The Hall–Kier alpha value is -1.34. The number of carboxylic acids is 1. The molecule has 110 valence electrons. The number of amides is 1. The molecule has 0 aromatic carbocycles. The number of ether oxygens (including phenoxy) is 3. The maximum atomic E-state index is 11.7. The normalized spacial score (nSPS) is 26.0. The topological polar surface area (TPSA) is 85.3 Å². The Kier molecular flexibility index (Phi) is 4.75. The zero-order valence-corrected chi connectivity index (χ0v) is 11.8. The van der Waals surface area contributed by atoms with Gasteiger partial charge in [0.2, 0.25) is 5.79 Å². The summed E-state index contributed by atoms with van der Waals surface area (Å²) in [5.41, 5.74) is -1.18. The zero-order chi connectivity index (χ0) is 14.7. The fourth-order valence-corrected chi connectivity index (χ4v) is 2.75. The molecule has 0 bridgehead atoms. The Morgan fingerprint density at radius 3 is 2.21 bits per heavy atom. The minimum absolute atomic E-state index is 0.0206. The highest BCUT2D eigenvalue weighted by atomic mass is 16.7. The summed E-state index contributed by atoms with van der Waals surface area (Å²) in [7, 11) is 4.05. The summed E-state index contributed by atoms with van der Waals surface area (Å²) >= 11 is 0. The van der Waals surface area contributed by atoms with Gasteiger partial charge in [-0.05, 0) is 12.8 Å². The van der Waals surface area contributed by atoms with Crippen molar-refractivity contribution in [2.45, 2.75) is 25.6 Å². The minimum Gasteiger partial charge on any atom is -0.481 e. The largest absolute Gasteiger partial charge is 0.481 e. The molecule has 1 atom stereocenters. The fourth-order valence-electron chi connectivity index (χ4n) is 2.75. The maximum Gasteiger partial charge on any atom is 0.409 e. The molecule has 0 radical (unpaired) electrons. The van der Waals surface area contributed by atoms with Gasteiger partial charge >= 0.3 is 12.1 Å². The number of carbonyl (C=O) groups excluding carboxylic acids is 1. The molecule has 1 amide bonds. The molecule has 1 saturated heterocycles. The number of carboxylic acid groups (broad SMARTS) is 1. The number of rotatable bonds is 4. The van der Waals surface area contributed by atoms with Gasteiger partial charge in [-0.15, -0.1) is 0 Å². The number of piperidine rings is 1. The second-order valence-corrected chi connectivity index (χ2v) is 4.54. The molecule has 1 heterocycles. The smallest absolute Gasteiger partial charge is 0.409 e. The van der Waals surface area contributed by atoms with Crippen LogP contribution in [0.5, 0.6) is 0 Å². The summed E-state index contributed by atoms with van der Waals surface area (Å²) in [6.07, 6.45) is 0.0721. The highest BCUT2D eigenvalue weighted by Gasteiger charge is 2.60. The van der Waals surface area contributed by atoms with Crippen LogP contribution >= 0.6 is 0 Å². The predicted molar refractivity (Wildman–Crippen MR) is 65.7 cm³/mol. The van der Waals surface area contributed by atoms with Crippen LogP contribution in [0.3, 0.4) is 0 Å². The van der Waals surface area contributed by atoms with Crippen LogP contribution in [0.15, 0.2) is 0 Å². The highest BCUT2D eigenvalue weighted by Crippen LogP contribution is 2.45. The predicted octanol–water partition coefficient (Wildman–Crippen LogP) is 0.929. The Labute approximate surface area is 112 Å². The van der Waals surface area contributed by atoms with Crippen molar-refractivity contribution < 1.29 is 28.9 Å². The number of aliphatic carboxylic acids is 1. The average Bonchev–Trinajstić information content (AvgIpc) is 2.44. The third kappa shape index (κ3) is 2.28. The van der Waals surface area contributed by atoms with Crippen molar-refractivity contribution in [1.82, 2.24) is 4.90 Å². The fraction of sp³-hybridized carbons (Fsp3) is 0.833. The van der Waals surface area contributed by atoms with Crippen molar-refractivity contribution in [2.75, 3.05) is 34.4 Å². The lowest BCUT2D eigenvalue weighted by Crippen LogP contribution is -2.66. The van der Waals surface area contributed by atoms with Gasteiger partial charge in [-0.1, -0.05) is 6.92 Å². The van der Waals surface area contributed by atoms with Crippen LogP contribution in [0, 0.1) is 5.41 Å². The van der Waals surface area contributed by atoms with Crippen molar-refractivity contribution >= 4 is 12.1 Å². The van der Waals surface area contributed by atoms with E-state index in [0.717, 1.165) is 0 Å². The molecule has 0 saturated carbocycles. The van der Waals surface area contributed by atoms with E-state index in [0.29, 0.717) is 13.0 Å². The summed E-state index contributed by atoms with van der Waals surface area (Å²) in [6.45, 7) is 2.09. The van der Waals surface area contributed by atoms with E-state index >= 15 is 0 Å². The van der Waals surface area contributed by atoms with Gasteiger partial charge in [0, 0.05) is 20.8 Å². The number of hydrogen-bond donors (Lipinski definition) is 1. The molecule has 1 N–H and O–H groups in total. The Morgan fingerprint density at radius 1 is 1.26 bits per heavy atom. The summed E-state index contributed by atoms with van der Waals surface area (Å²) in [5.74, 6) is -2.36. The number of likely N-dealkylation sites (tertiary alicyclic amines) is 1. The van der Waals surface area contributed by atoms with E-state index in [1.54, 1.807) is 6.92 Å². The molecule has 0 aromatic heterocycles. The summed E-state index contributed by atoms with van der Waals surface area (Å²) in [4.78, 5) is 24.7. The van der Waals surface area contributed by atoms with E-state index in [-0.39, 0.29) is 13.0 Å². The van der Waals surface area contributed by atoms with E-state index in [1.807, 2.05) is 0 Å². The first kappa shape index (κ1) is 15.7. The molecule has 19 heavy (non-hydrogen) atoms. The van der Waals surface area contributed by atoms with Crippen LogP contribution < -0.4 is 0 Å². The van der Waals surface area contributed by atoms with Crippen molar-refractivity contribution in [3.05, 3.63) is 0 Å². The van der Waals surface area contributed by atoms with Crippen molar-refractivity contribution in [1.29, 1.82) is 0 Å². The zero-order valence-electron chi connectivity index (χ0n) is 11.8. The SMILES string of the molecule is CCC1(C(=O)O)CCN(C(=O)OC)CC1(OC)OC. The third-order valence-corrected chi connectivity index (χ3v) is 4.04. The first-order chi connectivity index (χ1) is 8.92. The third-order valence-electron chi connectivity index (χ3n) is 4.04. The van der Waals surface area contributed by atoms with E-state index in [4.69, 9.17) is 9.47 Å². The first-order valence-corrected chi connectivity index (χ1v) is 6.09. The molecule has 1 unspecified atom stereocenters. The standard InChI is InChI=1S/C12H21NO6/c1-5-11(9(14)15)6-7-13(10(16)17-2)8-12(11,18-3)19-4/h5-8H2,1-4H3,(H,14,15). The molecule has 1 fully saturated rings. The minimum atomic E-state index is -1.37. The molecule has 1 aliphatic heterocycles. The molecule has 0 aromatic rings. The molecule has 0 spiro atoms. The van der Waals surface area contributed by atoms with Crippen LogP contribution in [-0.2, 0) is 19.0 Å². The van der Waals surface area contributed by atoms with Gasteiger partial charge < -0.3 is 24.2 Å². The average molecular weight is 275 g/mol. The second kappa shape index (κ2) is 5.75. The Balaban J connectivity index is 3.16. The molecule has 0 aliphatic carbocycles. The number of methoxy groups -OCH3 is 3.